The van der Waals surface area contributed by atoms with Crippen molar-refractivity contribution >= 4 is 34.1 Å². The van der Waals surface area contributed by atoms with Crippen LogP contribution in [0.5, 0.6) is 0 Å². The number of carbonyl (C=O) groups is 1. The van der Waals surface area contributed by atoms with E-state index >= 15 is 0 Å². The van der Waals surface area contributed by atoms with E-state index in [1.54, 1.807) is 30.5 Å². The maximum absolute atomic E-state index is 13.5. The fourth-order valence-corrected chi connectivity index (χ4v) is 2.41. The van der Waals surface area contributed by atoms with Crippen molar-refractivity contribution in [3.05, 3.63) is 65.1 Å². The molecule has 2 aromatic carbocycles. The molecule has 0 aliphatic heterocycles. The van der Waals surface area contributed by atoms with Crippen LogP contribution in [0.1, 0.15) is 5.56 Å². The molecule has 1 aromatic heterocycles. The summed E-state index contributed by atoms with van der Waals surface area (Å²) in [6, 6.07) is 11.5. The lowest BCUT2D eigenvalue weighted by atomic mass is 10.1. The van der Waals surface area contributed by atoms with Gasteiger partial charge in [-0.05, 0) is 29.8 Å². The molecule has 2 N–H and O–H groups in total. The quantitative estimate of drug-likeness (QED) is 0.750. The van der Waals surface area contributed by atoms with E-state index in [9.17, 15) is 9.18 Å². The third-order valence-electron chi connectivity index (χ3n) is 3.23. The SMILES string of the molecule is O=C(Cc1c[nH]c2cc(Cl)ccc12)Nc1ccccc1F. The third kappa shape index (κ3) is 2.90. The predicted molar refractivity (Wildman–Crippen MR) is 82.0 cm³/mol. The standard InChI is InChI=1S/C16H12ClFN2O/c17-11-5-6-12-10(9-19-15(12)8-11)7-16(21)20-14-4-2-1-3-13(14)18/h1-6,8-9,19H,7H2,(H,20,21). The predicted octanol–water partition coefficient (Wildman–Crippen LogP) is 4.14. The largest absolute Gasteiger partial charge is 0.361 e. The average molecular weight is 303 g/mol. The number of hydrogen-bond donors (Lipinski definition) is 2. The summed E-state index contributed by atoms with van der Waals surface area (Å²) in [6.45, 7) is 0. The molecule has 5 heteroatoms. The van der Waals surface area contributed by atoms with Crippen LogP contribution in [0.15, 0.2) is 48.7 Å². The van der Waals surface area contributed by atoms with Crippen LogP contribution in [0.3, 0.4) is 0 Å². The monoisotopic (exact) mass is 302 g/mol. The van der Waals surface area contributed by atoms with E-state index in [-0.39, 0.29) is 18.0 Å². The second-order valence-corrected chi connectivity index (χ2v) is 5.15. The van der Waals surface area contributed by atoms with Crippen molar-refractivity contribution in [3.8, 4) is 0 Å². The van der Waals surface area contributed by atoms with Gasteiger partial charge in [-0.2, -0.15) is 0 Å². The Kier molecular flexibility index (Phi) is 3.62. The number of rotatable bonds is 3. The number of H-pyrrole nitrogens is 1. The van der Waals surface area contributed by atoms with Crippen LogP contribution in [0.25, 0.3) is 10.9 Å². The first-order valence-corrected chi connectivity index (χ1v) is 6.81. The molecule has 106 valence electrons. The van der Waals surface area contributed by atoms with E-state index in [0.29, 0.717) is 5.02 Å². The van der Waals surface area contributed by atoms with Crippen molar-refractivity contribution in [1.82, 2.24) is 4.98 Å². The Morgan fingerprint density at radius 2 is 2.05 bits per heavy atom. The number of carbonyl (C=O) groups excluding carboxylic acids is 1. The number of para-hydroxylation sites is 1. The van der Waals surface area contributed by atoms with E-state index in [1.807, 2.05) is 6.07 Å². The van der Waals surface area contributed by atoms with Gasteiger partial charge in [0, 0.05) is 22.1 Å². The van der Waals surface area contributed by atoms with Gasteiger partial charge in [0.05, 0.1) is 12.1 Å². The number of anilines is 1. The summed E-state index contributed by atoms with van der Waals surface area (Å²) in [4.78, 5) is 15.1. The highest BCUT2D eigenvalue weighted by atomic mass is 35.5. The van der Waals surface area contributed by atoms with Crippen molar-refractivity contribution in [2.75, 3.05) is 5.32 Å². The first-order chi connectivity index (χ1) is 10.1. The lowest BCUT2D eigenvalue weighted by molar-refractivity contribution is -0.115. The van der Waals surface area contributed by atoms with E-state index in [4.69, 9.17) is 11.6 Å². The Morgan fingerprint density at radius 3 is 2.86 bits per heavy atom. The fraction of sp³-hybridized carbons (Fsp3) is 0.0625. The molecule has 0 aliphatic carbocycles. The number of hydrogen-bond acceptors (Lipinski definition) is 1. The number of halogens is 2. The van der Waals surface area contributed by atoms with Gasteiger partial charge in [0.2, 0.25) is 5.91 Å². The van der Waals surface area contributed by atoms with Gasteiger partial charge >= 0.3 is 0 Å². The summed E-state index contributed by atoms with van der Waals surface area (Å²) in [7, 11) is 0. The normalized spacial score (nSPS) is 10.8. The van der Waals surface area contributed by atoms with Crippen LogP contribution in [0, 0.1) is 5.82 Å². The first kappa shape index (κ1) is 13.6. The van der Waals surface area contributed by atoms with E-state index in [2.05, 4.69) is 10.3 Å². The zero-order valence-electron chi connectivity index (χ0n) is 11.0. The van der Waals surface area contributed by atoms with E-state index in [1.165, 1.54) is 12.1 Å². The molecule has 1 heterocycles. The zero-order chi connectivity index (χ0) is 14.8. The summed E-state index contributed by atoms with van der Waals surface area (Å²) < 4.78 is 13.5. The highest BCUT2D eigenvalue weighted by Gasteiger charge is 2.11. The lowest BCUT2D eigenvalue weighted by Crippen LogP contribution is -2.15. The van der Waals surface area contributed by atoms with Crippen LogP contribution in [0.4, 0.5) is 10.1 Å². The van der Waals surface area contributed by atoms with Crippen molar-refractivity contribution in [1.29, 1.82) is 0 Å². The molecule has 0 unspecified atom stereocenters. The van der Waals surface area contributed by atoms with Crippen LogP contribution in [-0.4, -0.2) is 10.9 Å². The van der Waals surface area contributed by atoms with Crippen molar-refractivity contribution in [2.24, 2.45) is 0 Å². The van der Waals surface area contributed by atoms with Crippen LogP contribution < -0.4 is 5.32 Å². The molecule has 1 amide bonds. The van der Waals surface area contributed by atoms with Gasteiger partial charge in [-0.3, -0.25) is 4.79 Å². The average Bonchev–Trinajstić information content (AvgIpc) is 2.83. The first-order valence-electron chi connectivity index (χ1n) is 6.43. The molecule has 0 bridgehead atoms. The molecule has 3 nitrogen and oxygen atoms in total. The summed E-state index contributed by atoms with van der Waals surface area (Å²) in [5.41, 5.74) is 1.90. The molecule has 0 fully saturated rings. The van der Waals surface area contributed by atoms with E-state index < -0.39 is 5.82 Å². The van der Waals surface area contributed by atoms with Crippen LogP contribution in [0.2, 0.25) is 5.02 Å². The third-order valence-corrected chi connectivity index (χ3v) is 3.46. The van der Waals surface area contributed by atoms with Gasteiger partial charge in [0.1, 0.15) is 5.82 Å². The van der Waals surface area contributed by atoms with E-state index in [0.717, 1.165) is 16.5 Å². The lowest BCUT2D eigenvalue weighted by Gasteiger charge is -2.05. The topological polar surface area (TPSA) is 44.9 Å². The highest BCUT2D eigenvalue weighted by Crippen LogP contribution is 2.23. The minimum absolute atomic E-state index is 0.163. The summed E-state index contributed by atoms with van der Waals surface area (Å²) in [5.74, 6) is -0.715. The molecule has 0 atom stereocenters. The molecule has 0 spiro atoms. The van der Waals surface area contributed by atoms with Gasteiger partial charge in [-0.1, -0.05) is 29.8 Å². The Morgan fingerprint density at radius 1 is 1.24 bits per heavy atom. The summed E-state index contributed by atoms with van der Waals surface area (Å²) in [6.07, 6.45) is 1.93. The Labute approximate surface area is 125 Å². The van der Waals surface area contributed by atoms with Crippen molar-refractivity contribution < 1.29 is 9.18 Å². The van der Waals surface area contributed by atoms with Crippen LogP contribution in [-0.2, 0) is 11.2 Å². The van der Waals surface area contributed by atoms with Crippen LogP contribution >= 0.6 is 11.6 Å². The number of aromatic amines is 1. The second-order valence-electron chi connectivity index (χ2n) is 4.71. The summed E-state index contributed by atoms with van der Waals surface area (Å²) >= 11 is 5.92. The molecule has 3 aromatic rings. The Bertz CT molecular complexity index is 813. The minimum Gasteiger partial charge on any atom is -0.361 e. The van der Waals surface area contributed by atoms with Gasteiger partial charge in [0.25, 0.3) is 0 Å². The Hall–Kier alpha value is -2.33. The molecule has 0 aliphatic rings. The van der Waals surface area contributed by atoms with Gasteiger partial charge in [0.15, 0.2) is 0 Å². The smallest absolute Gasteiger partial charge is 0.228 e. The van der Waals surface area contributed by atoms with Crippen molar-refractivity contribution in [2.45, 2.75) is 6.42 Å². The highest BCUT2D eigenvalue weighted by molar-refractivity contribution is 6.31. The summed E-state index contributed by atoms with van der Waals surface area (Å²) in [5, 5.41) is 4.14. The molecular weight excluding hydrogens is 291 g/mol. The number of aromatic nitrogens is 1. The maximum atomic E-state index is 13.5. The molecule has 21 heavy (non-hydrogen) atoms. The minimum atomic E-state index is -0.448. The molecular formula is C16H12ClFN2O. The molecule has 0 saturated heterocycles. The second kappa shape index (κ2) is 5.58. The number of fused-ring (bicyclic) bond motifs is 1. The molecule has 0 saturated carbocycles. The number of benzene rings is 2. The number of amides is 1. The molecule has 0 radical (unpaired) electrons. The van der Waals surface area contributed by atoms with Crippen molar-refractivity contribution in [3.63, 3.8) is 0 Å². The fourth-order valence-electron chi connectivity index (χ4n) is 2.23. The maximum Gasteiger partial charge on any atom is 0.228 e. The van der Waals surface area contributed by atoms with Gasteiger partial charge in [-0.25, -0.2) is 4.39 Å². The zero-order valence-corrected chi connectivity index (χ0v) is 11.7. The van der Waals surface area contributed by atoms with Gasteiger partial charge < -0.3 is 10.3 Å². The molecule has 3 rings (SSSR count). The number of nitrogens with one attached hydrogen (secondary N) is 2. The van der Waals surface area contributed by atoms with Gasteiger partial charge in [-0.15, -0.1) is 0 Å². The Balaban J connectivity index is 1.79.